The molecule has 0 spiro atoms. The zero-order valence-electron chi connectivity index (χ0n) is 12.9. The van der Waals surface area contributed by atoms with Crippen LogP contribution in [0.2, 0.25) is 0 Å². The molecule has 2 saturated heterocycles. The van der Waals surface area contributed by atoms with Crippen molar-refractivity contribution >= 4 is 0 Å². The standard InChI is InChI=1S/C17H26N3O/c1-21-17(12-19-11-14-4-3-9-18-10-14)13-20-15-5-2-6-16(20)8-7-15/h2-4,9-10,15-17,19H,5-8,11-13H2,1H3/t15-,16+,17?. The first-order valence-corrected chi connectivity index (χ1v) is 8.06. The molecular formula is C17H26N3O. The molecule has 1 aromatic rings. The predicted molar refractivity (Wildman–Crippen MR) is 83.8 cm³/mol. The van der Waals surface area contributed by atoms with E-state index >= 15 is 0 Å². The van der Waals surface area contributed by atoms with E-state index in [0.717, 1.165) is 31.7 Å². The fraction of sp³-hybridized carbons (Fsp3) is 0.647. The Labute approximate surface area is 127 Å². The number of piperidine rings is 1. The number of pyridine rings is 1. The fourth-order valence-electron chi connectivity index (χ4n) is 3.64. The molecule has 4 nitrogen and oxygen atoms in total. The maximum Gasteiger partial charge on any atom is 0.0822 e. The van der Waals surface area contributed by atoms with Gasteiger partial charge in [-0.15, -0.1) is 0 Å². The summed E-state index contributed by atoms with van der Waals surface area (Å²) in [4.78, 5) is 6.82. The van der Waals surface area contributed by atoms with Crippen molar-refractivity contribution in [1.82, 2.24) is 15.2 Å². The van der Waals surface area contributed by atoms with Crippen LogP contribution < -0.4 is 5.32 Å². The van der Waals surface area contributed by atoms with Crippen molar-refractivity contribution in [3.05, 3.63) is 36.5 Å². The highest BCUT2D eigenvalue weighted by Crippen LogP contribution is 2.34. The Bertz CT molecular complexity index is 409. The Morgan fingerprint density at radius 1 is 1.38 bits per heavy atom. The van der Waals surface area contributed by atoms with Gasteiger partial charge in [-0.3, -0.25) is 9.88 Å². The van der Waals surface area contributed by atoms with Gasteiger partial charge in [0.15, 0.2) is 0 Å². The summed E-state index contributed by atoms with van der Waals surface area (Å²) in [6, 6.07) is 5.61. The zero-order chi connectivity index (χ0) is 14.5. The van der Waals surface area contributed by atoms with Crippen LogP contribution in [0, 0.1) is 6.42 Å². The number of nitrogens with zero attached hydrogens (tertiary/aromatic N) is 2. The summed E-state index contributed by atoms with van der Waals surface area (Å²) in [6.45, 7) is 2.80. The third-order valence-electron chi connectivity index (χ3n) is 4.82. The largest absolute Gasteiger partial charge is 0.379 e. The summed E-state index contributed by atoms with van der Waals surface area (Å²) in [5.41, 5.74) is 1.22. The highest BCUT2D eigenvalue weighted by atomic mass is 16.5. The van der Waals surface area contributed by atoms with E-state index in [-0.39, 0.29) is 6.10 Å². The van der Waals surface area contributed by atoms with E-state index in [4.69, 9.17) is 4.74 Å². The van der Waals surface area contributed by atoms with Crippen LogP contribution in [0.15, 0.2) is 24.5 Å². The lowest BCUT2D eigenvalue weighted by molar-refractivity contribution is 0.0389. The molecule has 1 radical (unpaired) electrons. The number of methoxy groups -OCH3 is 1. The second kappa shape index (κ2) is 7.34. The van der Waals surface area contributed by atoms with Crippen LogP contribution >= 0.6 is 0 Å². The predicted octanol–water partition coefficient (Wildman–Crippen LogP) is 2.02. The first kappa shape index (κ1) is 14.9. The number of hydrogen-bond acceptors (Lipinski definition) is 4. The van der Waals surface area contributed by atoms with Crippen molar-refractivity contribution in [2.24, 2.45) is 0 Å². The smallest absolute Gasteiger partial charge is 0.0822 e. The van der Waals surface area contributed by atoms with Gasteiger partial charge in [-0.2, -0.15) is 0 Å². The average molecular weight is 288 g/mol. The van der Waals surface area contributed by atoms with Crippen LogP contribution in [0.1, 0.15) is 31.2 Å². The highest BCUT2D eigenvalue weighted by molar-refractivity contribution is 5.07. The second-order valence-corrected chi connectivity index (χ2v) is 6.19. The first-order valence-electron chi connectivity index (χ1n) is 8.06. The topological polar surface area (TPSA) is 37.4 Å². The molecule has 2 aliphatic rings. The number of hydrogen-bond donors (Lipinski definition) is 1. The molecule has 0 amide bonds. The van der Waals surface area contributed by atoms with Crippen LogP contribution in [0.5, 0.6) is 0 Å². The number of ether oxygens (including phenoxy) is 1. The van der Waals surface area contributed by atoms with Gasteiger partial charge in [-0.1, -0.05) is 6.07 Å². The molecule has 3 heterocycles. The lowest BCUT2D eigenvalue weighted by atomic mass is 10.0. The minimum absolute atomic E-state index is 0.267. The molecule has 1 aromatic heterocycles. The van der Waals surface area contributed by atoms with Gasteiger partial charge in [0.2, 0.25) is 0 Å². The zero-order valence-corrected chi connectivity index (χ0v) is 12.9. The van der Waals surface area contributed by atoms with Gasteiger partial charge in [0.1, 0.15) is 0 Å². The highest BCUT2D eigenvalue weighted by Gasteiger charge is 2.37. The maximum atomic E-state index is 5.69. The van der Waals surface area contributed by atoms with Crippen LogP contribution in [0.3, 0.4) is 0 Å². The van der Waals surface area contributed by atoms with Crippen molar-refractivity contribution < 1.29 is 4.74 Å². The maximum absolute atomic E-state index is 5.69. The van der Waals surface area contributed by atoms with E-state index in [2.05, 4.69) is 27.7 Å². The molecule has 21 heavy (non-hydrogen) atoms. The van der Waals surface area contributed by atoms with Gasteiger partial charge >= 0.3 is 0 Å². The SMILES string of the molecule is COC(CNCc1cccnc1)CN1[C@@H]2C[CH]C[C@H]1CC2. The lowest BCUT2D eigenvalue weighted by Gasteiger charge is -2.36. The van der Waals surface area contributed by atoms with Gasteiger partial charge in [0.25, 0.3) is 0 Å². The molecule has 3 rings (SSSR count). The van der Waals surface area contributed by atoms with Gasteiger partial charge in [-0.05, 0) is 43.7 Å². The van der Waals surface area contributed by atoms with Crippen LogP contribution in [0.4, 0.5) is 0 Å². The average Bonchev–Trinajstić information content (AvgIpc) is 2.75. The molecule has 2 aliphatic heterocycles. The van der Waals surface area contributed by atoms with Crippen LogP contribution in [0.25, 0.3) is 0 Å². The van der Waals surface area contributed by atoms with E-state index < -0.39 is 0 Å². The molecule has 4 heteroatoms. The van der Waals surface area contributed by atoms with Gasteiger partial charge in [0, 0.05) is 51.2 Å². The normalized spacial score (nSPS) is 26.9. The van der Waals surface area contributed by atoms with E-state index in [1.807, 2.05) is 25.6 Å². The Morgan fingerprint density at radius 3 is 2.86 bits per heavy atom. The second-order valence-electron chi connectivity index (χ2n) is 6.19. The summed E-state index contributed by atoms with van der Waals surface area (Å²) >= 11 is 0. The monoisotopic (exact) mass is 288 g/mol. The van der Waals surface area contributed by atoms with Crippen molar-refractivity contribution in [3.63, 3.8) is 0 Å². The van der Waals surface area contributed by atoms with Gasteiger partial charge in [0.05, 0.1) is 6.10 Å². The van der Waals surface area contributed by atoms with E-state index in [9.17, 15) is 0 Å². The molecule has 2 bridgehead atoms. The summed E-state index contributed by atoms with van der Waals surface area (Å²) in [7, 11) is 1.83. The van der Waals surface area contributed by atoms with Crippen LogP contribution in [-0.4, -0.2) is 48.3 Å². The van der Waals surface area contributed by atoms with Gasteiger partial charge < -0.3 is 10.1 Å². The number of fused-ring (bicyclic) bond motifs is 2. The number of rotatable bonds is 7. The molecule has 0 aromatic carbocycles. The summed E-state index contributed by atoms with van der Waals surface area (Å²) in [6.07, 6.45) is 11.7. The molecule has 115 valence electrons. The molecule has 1 unspecified atom stereocenters. The molecule has 3 atom stereocenters. The Kier molecular flexibility index (Phi) is 5.22. The minimum atomic E-state index is 0.267. The van der Waals surface area contributed by atoms with Crippen molar-refractivity contribution in [3.8, 4) is 0 Å². The van der Waals surface area contributed by atoms with Crippen molar-refractivity contribution in [2.45, 2.75) is 50.4 Å². The Hall–Kier alpha value is -0.970. The summed E-state index contributed by atoms with van der Waals surface area (Å²) < 4.78 is 5.69. The van der Waals surface area contributed by atoms with Gasteiger partial charge in [-0.25, -0.2) is 0 Å². The molecular weight excluding hydrogens is 262 g/mol. The molecule has 2 fully saturated rings. The lowest BCUT2D eigenvalue weighted by Crippen LogP contribution is -2.47. The van der Waals surface area contributed by atoms with Crippen molar-refractivity contribution in [1.29, 1.82) is 0 Å². The summed E-state index contributed by atoms with van der Waals surface area (Å²) in [5, 5.41) is 3.49. The van der Waals surface area contributed by atoms with Crippen molar-refractivity contribution in [2.75, 3.05) is 20.2 Å². The molecule has 1 N–H and O–H groups in total. The molecule has 0 saturated carbocycles. The van der Waals surface area contributed by atoms with Crippen LogP contribution in [-0.2, 0) is 11.3 Å². The summed E-state index contributed by atoms with van der Waals surface area (Å²) in [5.74, 6) is 0. The minimum Gasteiger partial charge on any atom is -0.379 e. The number of aromatic nitrogens is 1. The van der Waals surface area contributed by atoms with E-state index in [0.29, 0.717) is 0 Å². The number of nitrogens with one attached hydrogen (secondary N) is 1. The Morgan fingerprint density at radius 2 is 2.19 bits per heavy atom. The third kappa shape index (κ3) is 3.82. The quantitative estimate of drug-likeness (QED) is 0.833. The van der Waals surface area contributed by atoms with E-state index in [1.165, 1.54) is 31.2 Å². The third-order valence-corrected chi connectivity index (χ3v) is 4.82. The molecule has 0 aliphatic carbocycles. The fourth-order valence-corrected chi connectivity index (χ4v) is 3.64. The first-order chi connectivity index (χ1) is 10.4. The Balaban J connectivity index is 1.45. The van der Waals surface area contributed by atoms with E-state index in [1.54, 1.807) is 0 Å².